The van der Waals surface area contributed by atoms with Crippen molar-refractivity contribution in [3.8, 4) is 11.5 Å². The molecule has 0 radical (unpaired) electrons. The molecule has 1 saturated heterocycles. The highest BCUT2D eigenvalue weighted by molar-refractivity contribution is 7.87. The summed E-state index contributed by atoms with van der Waals surface area (Å²) in [7, 11) is -2.84. The second-order valence-electron chi connectivity index (χ2n) is 7.20. The highest BCUT2D eigenvalue weighted by Gasteiger charge is 2.36. The number of imide groups is 2. The number of halogens is 1. The molecule has 0 unspecified atom stereocenters. The normalized spacial score (nSPS) is 15.2. The molecule has 0 spiro atoms. The maximum absolute atomic E-state index is 13.2. The first kappa shape index (κ1) is 23.6. The highest BCUT2D eigenvalue weighted by atomic mass is 32.2. The fourth-order valence-electron chi connectivity index (χ4n) is 3.25. The molecule has 11 heteroatoms. The summed E-state index contributed by atoms with van der Waals surface area (Å²) in [6.45, 7) is 0. The van der Waals surface area contributed by atoms with Crippen LogP contribution in [0.2, 0.25) is 0 Å². The second-order valence-corrected chi connectivity index (χ2v) is 8.74. The van der Waals surface area contributed by atoms with Gasteiger partial charge in [-0.15, -0.1) is 0 Å². The third kappa shape index (κ3) is 4.89. The first-order valence-electron chi connectivity index (χ1n) is 10.0. The number of rotatable bonds is 6. The molecule has 178 valence electrons. The van der Waals surface area contributed by atoms with Crippen LogP contribution in [0.15, 0.2) is 83.3 Å². The molecule has 3 aromatic carbocycles. The van der Waals surface area contributed by atoms with E-state index >= 15 is 0 Å². The summed E-state index contributed by atoms with van der Waals surface area (Å²) in [5, 5.41) is 2.06. The second kappa shape index (κ2) is 9.39. The van der Waals surface area contributed by atoms with Gasteiger partial charge in [-0.05, 0) is 60.2 Å². The summed E-state index contributed by atoms with van der Waals surface area (Å²) in [5.41, 5.74) is -0.0143. The van der Waals surface area contributed by atoms with Crippen molar-refractivity contribution in [3.63, 3.8) is 0 Å². The Hall–Kier alpha value is -4.51. The monoisotopic (exact) mass is 496 g/mol. The maximum atomic E-state index is 13.2. The number of carbonyl (C=O) groups excluding carboxylic acids is 3. The topological polar surface area (TPSA) is 119 Å². The van der Waals surface area contributed by atoms with Gasteiger partial charge in [-0.1, -0.05) is 24.3 Å². The Bertz CT molecular complexity index is 1450. The van der Waals surface area contributed by atoms with Crippen molar-refractivity contribution in [2.45, 2.75) is 4.90 Å². The summed E-state index contributed by atoms with van der Waals surface area (Å²) in [6, 6.07) is 15.2. The minimum atomic E-state index is -4.14. The predicted molar refractivity (Wildman–Crippen MR) is 123 cm³/mol. The van der Waals surface area contributed by atoms with E-state index in [-0.39, 0.29) is 27.7 Å². The van der Waals surface area contributed by atoms with Gasteiger partial charge in [0.15, 0.2) is 11.5 Å². The lowest BCUT2D eigenvalue weighted by Crippen LogP contribution is -2.54. The van der Waals surface area contributed by atoms with Crippen molar-refractivity contribution in [1.29, 1.82) is 0 Å². The van der Waals surface area contributed by atoms with Gasteiger partial charge < -0.3 is 8.92 Å². The molecule has 0 bridgehead atoms. The molecule has 35 heavy (non-hydrogen) atoms. The number of methoxy groups -OCH3 is 1. The van der Waals surface area contributed by atoms with Gasteiger partial charge >= 0.3 is 16.1 Å². The van der Waals surface area contributed by atoms with Crippen molar-refractivity contribution in [3.05, 3.63) is 89.8 Å². The van der Waals surface area contributed by atoms with Crippen LogP contribution in [0.25, 0.3) is 6.08 Å². The number of carbonyl (C=O) groups is 3. The average Bonchev–Trinajstić information content (AvgIpc) is 2.84. The molecule has 1 N–H and O–H groups in total. The van der Waals surface area contributed by atoms with Crippen LogP contribution in [0.3, 0.4) is 0 Å². The summed E-state index contributed by atoms with van der Waals surface area (Å²) >= 11 is 0. The van der Waals surface area contributed by atoms with E-state index in [1.54, 1.807) is 18.2 Å². The number of amides is 4. The number of urea groups is 1. The molecule has 0 aromatic heterocycles. The number of ether oxygens (including phenoxy) is 1. The number of nitrogens with zero attached hydrogens (tertiary/aromatic N) is 1. The minimum Gasteiger partial charge on any atom is -0.493 e. The van der Waals surface area contributed by atoms with Crippen molar-refractivity contribution < 1.29 is 36.1 Å². The first-order valence-corrected chi connectivity index (χ1v) is 11.4. The fourth-order valence-corrected chi connectivity index (χ4v) is 4.21. The van der Waals surface area contributed by atoms with E-state index in [0.717, 1.165) is 12.1 Å². The van der Waals surface area contributed by atoms with Crippen molar-refractivity contribution >= 4 is 39.7 Å². The predicted octanol–water partition coefficient (Wildman–Crippen LogP) is 3.27. The first-order chi connectivity index (χ1) is 16.7. The smallest absolute Gasteiger partial charge is 0.339 e. The average molecular weight is 496 g/mol. The highest BCUT2D eigenvalue weighted by Crippen LogP contribution is 2.32. The molecule has 1 aliphatic heterocycles. The van der Waals surface area contributed by atoms with Crippen LogP contribution in [0, 0.1) is 5.82 Å². The molecular weight excluding hydrogens is 479 g/mol. The molecule has 0 saturated carbocycles. The molecule has 1 aliphatic rings. The van der Waals surface area contributed by atoms with Crippen LogP contribution in [0.1, 0.15) is 5.56 Å². The number of barbiturate groups is 1. The fraction of sp³-hybridized carbons (Fsp3) is 0.0417. The van der Waals surface area contributed by atoms with E-state index in [1.165, 1.54) is 55.7 Å². The van der Waals surface area contributed by atoms with Crippen molar-refractivity contribution in [1.82, 2.24) is 5.32 Å². The Kier molecular flexibility index (Phi) is 6.34. The van der Waals surface area contributed by atoms with Crippen LogP contribution < -0.4 is 19.1 Å². The van der Waals surface area contributed by atoms with E-state index in [0.29, 0.717) is 10.5 Å². The SMILES string of the molecule is COc1cc(/C=C2\C(=O)NC(=O)N(c3ccc(F)cc3)C2=O)ccc1OS(=O)(=O)c1ccccc1. The minimum absolute atomic E-state index is 0.0222. The Morgan fingerprint density at radius 2 is 1.60 bits per heavy atom. The van der Waals surface area contributed by atoms with Gasteiger partial charge in [0.25, 0.3) is 11.8 Å². The van der Waals surface area contributed by atoms with Gasteiger partial charge in [0, 0.05) is 0 Å². The van der Waals surface area contributed by atoms with Crippen molar-refractivity contribution in [2.75, 3.05) is 12.0 Å². The van der Waals surface area contributed by atoms with Gasteiger partial charge in [0.05, 0.1) is 12.8 Å². The largest absolute Gasteiger partial charge is 0.493 e. The molecule has 4 rings (SSSR count). The van der Waals surface area contributed by atoms with Crippen LogP contribution in [-0.4, -0.2) is 33.4 Å². The third-order valence-electron chi connectivity index (χ3n) is 4.92. The number of hydrogen-bond acceptors (Lipinski definition) is 7. The zero-order chi connectivity index (χ0) is 25.2. The Morgan fingerprint density at radius 3 is 2.26 bits per heavy atom. The zero-order valence-corrected chi connectivity index (χ0v) is 18.9. The lowest BCUT2D eigenvalue weighted by atomic mass is 10.1. The van der Waals surface area contributed by atoms with Crippen LogP contribution in [0.4, 0.5) is 14.9 Å². The Morgan fingerprint density at radius 1 is 0.914 bits per heavy atom. The van der Waals surface area contributed by atoms with E-state index in [4.69, 9.17) is 8.92 Å². The van der Waals surface area contributed by atoms with Gasteiger partial charge in [-0.2, -0.15) is 8.42 Å². The van der Waals surface area contributed by atoms with Gasteiger partial charge in [-0.25, -0.2) is 14.1 Å². The lowest BCUT2D eigenvalue weighted by Gasteiger charge is -2.26. The summed E-state index contributed by atoms with van der Waals surface area (Å²) < 4.78 is 48.7. The third-order valence-corrected chi connectivity index (χ3v) is 6.17. The summed E-state index contributed by atoms with van der Waals surface area (Å²) in [4.78, 5) is 38.2. The number of benzene rings is 3. The molecule has 4 amide bonds. The molecular formula is C24H17FN2O7S. The number of anilines is 1. The Balaban J connectivity index is 1.65. The summed E-state index contributed by atoms with van der Waals surface area (Å²) in [6.07, 6.45) is 1.21. The zero-order valence-electron chi connectivity index (χ0n) is 18.1. The molecule has 0 aliphatic carbocycles. The number of hydrogen-bond donors (Lipinski definition) is 1. The standard InChI is InChI=1S/C24H17FN2O7S/c1-33-21-14-15(7-12-20(21)34-35(31,32)18-5-3-2-4-6-18)13-19-22(28)26-24(30)27(23(19)29)17-10-8-16(25)9-11-17/h2-14H,1H3,(H,26,28,30)/b19-13+. The van der Waals surface area contributed by atoms with Gasteiger partial charge in [0.2, 0.25) is 0 Å². The molecule has 1 fully saturated rings. The number of nitrogens with one attached hydrogen (secondary N) is 1. The molecule has 3 aromatic rings. The summed E-state index contributed by atoms with van der Waals surface area (Å²) in [5.74, 6) is -2.50. The Labute approximate surface area is 199 Å². The van der Waals surface area contributed by atoms with Crippen LogP contribution in [-0.2, 0) is 19.7 Å². The van der Waals surface area contributed by atoms with Crippen LogP contribution in [0.5, 0.6) is 11.5 Å². The molecule has 9 nitrogen and oxygen atoms in total. The molecule has 0 atom stereocenters. The van der Waals surface area contributed by atoms with Crippen molar-refractivity contribution in [2.24, 2.45) is 0 Å². The molecule has 1 heterocycles. The van der Waals surface area contributed by atoms with E-state index < -0.39 is 33.8 Å². The van der Waals surface area contributed by atoms with E-state index in [2.05, 4.69) is 5.32 Å². The van der Waals surface area contributed by atoms with Gasteiger partial charge in [0.1, 0.15) is 16.3 Å². The maximum Gasteiger partial charge on any atom is 0.339 e. The van der Waals surface area contributed by atoms with Crippen LogP contribution >= 0.6 is 0 Å². The van der Waals surface area contributed by atoms with Gasteiger partial charge in [-0.3, -0.25) is 14.9 Å². The lowest BCUT2D eigenvalue weighted by molar-refractivity contribution is -0.122. The van der Waals surface area contributed by atoms with E-state index in [9.17, 15) is 27.2 Å². The van der Waals surface area contributed by atoms with E-state index in [1.807, 2.05) is 0 Å². The quantitative estimate of drug-likeness (QED) is 0.316.